The molecule has 14 heavy (non-hydrogen) atoms. The van der Waals surface area contributed by atoms with Crippen LogP contribution < -0.4 is 5.32 Å². The summed E-state index contributed by atoms with van der Waals surface area (Å²) in [5.41, 5.74) is 0. The van der Waals surface area contributed by atoms with Crippen LogP contribution in [0.3, 0.4) is 0 Å². The maximum absolute atomic E-state index is 11.1. The second kappa shape index (κ2) is 6.42. The molecule has 0 rings (SSSR count). The van der Waals surface area contributed by atoms with Crippen LogP contribution in [0, 0.1) is 0 Å². The molecule has 0 heterocycles. The first-order valence-electron chi connectivity index (χ1n) is 3.78. The van der Waals surface area contributed by atoms with Crippen molar-refractivity contribution in [3.8, 4) is 0 Å². The van der Waals surface area contributed by atoms with Crippen molar-refractivity contribution in [2.24, 2.45) is 0 Å². The third kappa shape index (κ3) is 10.0. The summed E-state index contributed by atoms with van der Waals surface area (Å²) in [4.78, 5) is 10.1. The highest BCUT2D eigenvalue weighted by Gasteiger charge is 2.09. The molecule has 0 aliphatic carbocycles. The average Bonchev–Trinajstić information content (AvgIpc) is 1.94. The van der Waals surface area contributed by atoms with Crippen molar-refractivity contribution < 1.29 is 23.0 Å². The first-order valence-corrected chi connectivity index (χ1v) is 7.79. The summed E-state index contributed by atoms with van der Waals surface area (Å²) in [6, 6.07) is 0. The Morgan fingerprint density at radius 1 is 1.50 bits per heavy atom. The zero-order valence-electron chi connectivity index (χ0n) is 8.40. The van der Waals surface area contributed by atoms with Gasteiger partial charge < -0.3 is 5.11 Å². The van der Waals surface area contributed by atoms with Crippen LogP contribution in [0.1, 0.15) is 0 Å². The molecular formula is C6H16NO5PS. The lowest BCUT2D eigenvalue weighted by atomic mass is 10.7. The molecule has 0 bridgehead atoms. The van der Waals surface area contributed by atoms with E-state index < -0.39 is 24.5 Å². The fourth-order valence-corrected chi connectivity index (χ4v) is 2.54. The lowest BCUT2D eigenvalue weighted by Crippen LogP contribution is -2.23. The van der Waals surface area contributed by atoms with E-state index >= 15 is 0 Å². The minimum atomic E-state index is -2.51. The van der Waals surface area contributed by atoms with Gasteiger partial charge in [-0.25, -0.2) is 0 Å². The van der Waals surface area contributed by atoms with E-state index in [1.807, 2.05) is 18.8 Å². The van der Waals surface area contributed by atoms with Gasteiger partial charge in [-0.05, 0) is 18.8 Å². The van der Waals surface area contributed by atoms with Crippen molar-refractivity contribution in [1.82, 2.24) is 5.32 Å². The van der Waals surface area contributed by atoms with Gasteiger partial charge in [0.1, 0.15) is 6.73 Å². The molecule has 0 saturated carbocycles. The van der Waals surface area contributed by atoms with E-state index in [1.54, 1.807) is 0 Å². The Kier molecular flexibility index (Phi) is 6.39. The predicted molar refractivity (Wildman–Crippen MR) is 57.0 cm³/mol. The summed E-state index contributed by atoms with van der Waals surface area (Å²) in [5, 5.41) is 10.7. The van der Waals surface area contributed by atoms with Gasteiger partial charge >= 0.3 is 14.2 Å². The van der Waals surface area contributed by atoms with Crippen molar-refractivity contribution in [2.45, 2.75) is 0 Å². The minimum Gasteiger partial charge on any atom is -0.480 e. The van der Waals surface area contributed by atoms with E-state index in [2.05, 4.69) is 5.32 Å². The number of carboxylic acids is 1. The van der Waals surface area contributed by atoms with E-state index in [-0.39, 0.29) is 13.3 Å². The Morgan fingerprint density at radius 2 is 2.07 bits per heavy atom. The van der Waals surface area contributed by atoms with Crippen LogP contribution >= 0.6 is 18.6 Å². The first-order chi connectivity index (χ1) is 6.31. The highest BCUT2D eigenvalue weighted by Crippen LogP contribution is 2.47. The lowest BCUT2D eigenvalue weighted by Gasteiger charge is -2.23. The number of hydrogen-bond donors (Lipinski definition) is 2. The molecule has 0 aliphatic heterocycles. The molecule has 0 aromatic rings. The summed E-state index contributed by atoms with van der Waals surface area (Å²) in [5.74, 6) is -0.990. The summed E-state index contributed by atoms with van der Waals surface area (Å²) < 4.78 is 20.9. The van der Waals surface area contributed by atoms with Gasteiger partial charge in [0.25, 0.3) is 0 Å². The number of carbonyl (C=O) groups is 1. The maximum Gasteiger partial charge on any atom is 0.329 e. The molecule has 8 heteroatoms. The van der Waals surface area contributed by atoms with E-state index in [1.165, 1.54) is 0 Å². The van der Waals surface area contributed by atoms with E-state index in [9.17, 15) is 9.36 Å². The molecule has 0 radical (unpaired) electrons. The third-order valence-corrected chi connectivity index (χ3v) is 3.81. The quantitative estimate of drug-likeness (QED) is 0.389. The van der Waals surface area contributed by atoms with Gasteiger partial charge in [-0.3, -0.25) is 23.2 Å². The average molecular weight is 245 g/mol. The zero-order valence-corrected chi connectivity index (χ0v) is 10.2. The van der Waals surface area contributed by atoms with Crippen molar-refractivity contribution in [3.05, 3.63) is 0 Å². The van der Waals surface area contributed by atoms with Gasteiger partial charge in [0, 0.05) is 0 Å². The highest BCUT2D eigenvalue weighted by atomic mass is 32.3. The molecule has 6 nitrogen and oxygen atoms in total. The smallest absolute Gasteiger partial charge is 0.329 e. The minimum absolute atomic E-state index is 0.0837. The zero-order chi connectivity index (χ0) is 11.2. The normalized spacial score (nSPS) is 15.1. The molecule has 0 saturated heterocycles. The number of nitrogens with one attached hydrogen (secondary N) is 1. The molecule has 1 atom stereocenters. The Hall–Kier alpha value is -0.0700. The Labute approximate surface area is 85.4 Å². The molecule has 86 valence electrons. The van der Waals surface area contributed by atoms with Crippen LogP contribution in [0.25, 0.3) is 0 Å². The maximum atomic E-state index is 11.1. The van der Waals surface area contributed by atoms with Gasteiger partial charge in [-0.1, -0.05) is 0 Å². The summed E-state index contributed by atoms with van der Waals surface area (Å²) in [7, 11) is -3.83. The van der Waals surface area contributed by atoms with Gasteiger partial charge in [-0.2, -0.15) is 0 Å². The third-order valence-electron chi connectivity index (χ3n) is 0.886. The summed E-state index contributed by atoms with van der Waals surface area (Å²) in [6.07, 6.45) is 5.51. The van der Waals surface area contributed by atoms with Crippen LogP contribution in [0.4, 0.5) is 0 Å². The molecule has 0 aromatic heterocycles. The fraction of sp³-hybridized carbons (Fsp3) is 0.833. The molecule has 0 aliphatic rings. The summed E-state index contributed by atoms with van der Waals surface area (Å²) >= 11 is 0. The largest absolute Gasteiger partial charge is 0.480 e. The lowest BCUT2D eigenvalue weighted by molar-refractivity contribution is -0.136. The Morgan fingerprint density at radius 3 is 2.50 bits per heavy atom. The number of rotatable bonds is 7. The standard InChI is InChI=1S/C6H16NO5PS/c1-14(2,3)12-13(10)11-5-7-4-6(8)9/h7,13H,4-5H2,1-3H3,(H,8,9). The van der Waals surface area contributed by atoms with E-state index in [0.29, 0.717) is 0 Å². The van der Waals surface area contributed by atoms with Crippen LogP contribution in [-0.4, -0.2) is 43.1 Å². The van der Waals surface area contributed by atoms with Gasteiger partial charge in [0.05, 0.1) is 6.54 Å². The first kappa shape index (κ1) is 13.9. The van der Waals surface area contributed by atoms with Crippen LogP contribution in [0.15, 0.2) is 0 Å². The molecule has 0 spiro atoms. The van der Waals surface area contributed by atoms with Crippen molar-refractivity contribution in [2.75, 3.05) is 32.0 Å². The van der Waals surface area contributed by atoms with Gasteiger partial charge in [0.2, 0.25) is 0 Å². The fourth-order valence-electron chi connectivity index (χ4n) is 0.496. The Bertz CT molecular complexity index is 217. The molecule has 0 fully saturated rings. The second-order valence-corrected chi connectivity index (χ2v) is 8.07. The molecule has 2 N–H and O–H groups in total. The van der Waals surface area contributed by atoms with E-state index in [0.717, 1.165) is 0 Å². The van der Waals surface area contributed by atoms with Crippen LogP contribution in [-0.2, 0) is 17.9 Å². The molecule has 1 unspecified atom stereocenters. The van der Waals surface area contributed by atoms with Gasteiger partial charge in [0.15, 0.2) is 0 Å². The van der Waals surface area contributed by atoms with Crippen LogP contribution in [0.5, 0.6) is 0 Å². The monoisotopic (exact) mass is 245 g/mol. The topological polar surface area (TPSA) is 84.9 Å². The summed E-state index contributed by atoms with van der Waals surface area (Å²) in [6.45, 7) is -0.308. The van der Waals surface area contributed by atoms with Crippen LogP contribution in [0.2, 0.25) is 0 Å². The molecule has 0 amide bonds. The number of hydrogen-bond acceptors (Lipinski definition) is 5. The van der Waals surface area contributed by atoms with Crippen molar-refractivity contribution in [1.29, 1.82) is 0 Å². The predicted octanol–water partition coefficient (Wildman–Crippen LogP) is 0.650. The van der Waals surface area contributed by atoms with Crippen molar-refractivity contribution in [3.63, 3.8) is 0 Å². The molecule has 0 aromatic carbocycles. The number of carboxylic acid groups (broad SMARTS) is 1. The van der Waals surface area contributed by atoms with Gasteiger partial charge in [-0.15, -0.1) is 10.3 Å². The van der Waals surface area contributed by atoms with E-state index in [4.69, 9.17) is 13.6 Å². The molecular weight excluding hydrogens is 229 g/mol. The SMILES string of the molecule is CS(C)(C)O[PH](=O)OCNCC(=O)O. The van der Waals surface area contributed by atoms with Crippen molar-refractivity contribution >= 4 is 24.5 Å². The highest BCUT2D eigenvalue weighted by molar-refractivity contribution is 8.29. The Balaban J connectivity index is 3.50. The second-order valence-electron chi connectivity index (χ2n) is 3.17. The number of aliphatic carboxylic acids is 1.